The molecule has 0 saturated carbocycles. The lowest BCUT2D eigenvalue weighted by Crippen LogP contribution is -2.54. The molecule has 0 aliphatic carbocycles. The number of ether oxygens (including phenoxy) is 2. The zero-order chi connectivity index (χ0) is 50.5. The van der Waals surface area contributed by atoms with Gasteiger partial charge in [0.1, 0.15) is 23.0 Å². The fourth-order valence-corrected chi connectivity index (χ4v) is 8.36. The third kappa shape index (κ3) is 10.7. The van der Waals surface area contributed by atoms with E-state index in [0.717, 1.165) is 58.6 Å². The van der Waals surface area contributed by atoms with Crippen molar-refractivity contribution in [2.24, 2.45) is 0 Å². The van der Waals surface area contributed by atoms with Crippen molar-refractivity contribution in [1.29, 1.82) is 0 Å². The lowest BCUT2D eigenvalue weighted by Gasteiger charge is -2.38. The highest BCUT2D eigenvalue weighted by molar-refractivity contribution is 7.94. The Hall–Kier alpha value is -7.82. The maximum atomic E-state index is 15.0. The second-order valence-corrected chi connectivity index (χ2v) is 17.0. The Morgan fingerprint density at radius 3 is 1.30 bits per heavy atom. The van der Waals surface area contributed by atoms with Crippen LogP contribution in [0.2, 0.25) is 0 Å². The Balaban J connectivity index is 0.936. The van der Waals surface area contributed by atoms with Gasteiger partial charge in [-0.15, -0.1) is 4.33 Å². The molecule has 0 fully saturated rings. The number of rotatable bonds is 16. The highest BCUT2D eigenvalue weighted by Gasteiger charge is 2.72. The van der Waals surface area contributed by atoms with E-state index in [1.54, 1.807) is 78.9 Å². The molecule has 0 bridgehead atoms. The summed E-state index contributed by atoms with van der Waals surface area (Å²) in [5, 5.41) is 12.1. The number of ketones is 3. The Labute approximate surface area is 407 Å². The van der Waals surface area contributed by atoms with Crippen molar-refractivity contribution in [3.05, 3.63) is 244 Å². The molecule has 71 heavy (non-hydrogen) atoms. The van der Waals surface area contributed by atoms with Gasteiger partial charge in [0, 0.05) is 38.3 Å². The minimum Gasteiger partial charge on any atom is -0.457 e. The van der Waals surface area contributed by atoms with Crippen molar-refractivity contribution in [2.45, 2.75) is 36.5 Å². The smallest absolute Gasteiger partial charge is 0.411 e. The Kier molecular flexibility index (Phi) is 14.4. The maximum Gasteiger partial charge on any atom is 0.411 e. The van der Waals surface area contributed by atoms with Gasteiger partial charge in [0.2, 0.25) is 5.41 Å². The van der Waals surface area contributed by atoms with Crippen molar-refractivity contribution in [3.8, 4) is 34.1 Å². The van der Waals surface area contributed by atoms with Crippen LogP contribution < -0.4 is 9.47 Å². The van der Waals surface area contributed by atoms with Crippen LogP contribution >= 0.6 is 12.0 Å². The molecule has 0 heterocycles. The summed E-state index contributed by atoms with van der Waals surface area (Å²) in [6, 6.07) is 44.5. The topological polar surface area (TPSA) is 108 Å². The van der Waals surface area contributed by atoms with Gasteiger partial charge in [-0.25, -0.2) is 5.26 Å². The monoisotopic (exact) mass is 984 g/mol. The van der Waals surface area contributed by atoms with E-state index in [2.05, 4.69) is 9.37 Å². The summed E-state index contributed by atoms with van der Waals surface area (Å²) in [5.41, 5.74) is -1.13. The van der Waals surface area contributed by atoms with Crippen LogP contribution in [0.4, 0.5) is 26.3 Å². The highest BCUT2D eigenvalue weighted by atomic mass is 32.2. The highest BCUT2D eigenvalue weighted by Crippen LogP contribution is 2.56. The van der Waals surface area contributed by atoms with E-state index in [1.807, 2.05) is 26.0 Å². The summed E-state index contributed by atoms with van der Waals surface area (Å²) in [5.74, 6) is -0.551. The average Bonchev–Trinajstić information content (AvgIpc) is 3.36. The summed E-state index contributed by atoms with van der Waals surface area (Å²) in [6.45, 7) is 3.70. The normalized spacial score (nSPS) is 11.8. The lowest BCUT2D eigenvalue weighted by atomic mass is 9.73. The van der Waals surface area contributed by atoms with E-state index in [1.165, 1.54) is 48.5 Å². The first-order valence-corrected chi connectivity index (χ1v) is 22.3. The van der Waals surface area contributed by atoms with Crippen LogP contribution in [0.3, 0.4) is 0 Å². The van der Waals surface area contributed by atoms with Gasteiger partial charge in [-0.3, -0.25) is 14.4 Å². The van der Waals surface area contributed by atoms with E-state index in [4.69, 9.17) is 14.7 Å². The first-order chi connectivity index (χ1) is 33.9. The molecule has 0 aromatic heterocycles. The van der Waals surface area contributed by atoms with Crippen LogP contribution in [0.1, 0.15) is 70.0 Å². The SMILES string of the molecule is Cc1ccc(C(=O)c2ccc(Oc3ccc(C(c4ccc(Oc5ccc(C(=O)c6ccc(-c7ccc(C)c(C(=O)c8cccc(SOOO)c8)c7)cc6)cc5)cc4)(C(F)(F)F)C(F)(F)F)cc3)cc2)cc1. The van der Waals surface area contributed by atoms with Gasteiger partial charge in [0.05, 0.1) is 12.0 Å². The number of hydrogen-bond donors (Lipinski definition) is 1. The van der Waals surface area contributed by atoms with Gasteiger partial charge in [-0.1, -0.05) is 108 Å². The zero-order valence-corrected chi connectivity index (χ0v) is 38.2. The number of carbonyl (C=O) groups is 3. The second-order valence-electron chi connectivity index (χ2n) is 16.3. The summed E-state index contributed by atoms with van der Waals surface area (Å²) in [4.78, 5) is 40.4. The maximum absolute atomic E-state index is 15.0. The van der Waals surface area contributed by atoms with E-state index < -0.39 is 28.9 Å². The Morgan fingerprint density at radius 2 is 0.859 bits per heavy atom. The number of hydrogen-bond acceptors (Lipinski definition) is 9. The van der Waals surface area contributed by atoms with Gasteiger partial charge in [0.15, 0.2) is 17.3 Å². The van der Waals surface area contributed by atoms with E-state index in [0.29, 0.717) is 57.0 Å². The average molecular weight is 985 g/mol. The first-order valence-electron chi connectivity index (χ1n) is 21.5. The predicted molar refractivity (Wildman–Crippen MR) is 254 cm³/mol. The summed E-state index contributed by atoms with van der Waals surface area (Å²) in [6.07, 6.45) is -11.7. The largest absolute Gasteiger partial charge is 0.457 e. The van der Waals surface area contributed by atoms with Crippen LogP contribution in [-0.2, 0) is 14.8 Å². The lowest BCUT2D eigenvalue weighted by molar-refractivity contribution is -0.432. The van der Waals surface area contributed by atoms with Gasteiger partial charge >= 0.3 is 12.4 Å². The number of aryl methyl sites for hydroxylation is 2. The van der Waals surface area contributed by atoms with Crippen LogP contribution in [0.5, 0.6) is 23.0 Å². The molecule has 0 amide bonds. The molecule has 8 aromatic rings. The fourth-order valence-electron chi connectivity index (χ4n) is 7.95. The number of alkyl halides is 6. The molecular formula is C56H38F6O8S. The zero-order valence-electron chi connectivity index (χ0n) is 37.4. The molecular weight excluding hydrogens is 947 g/mol. The molecule has 0 atom stereocenters. The molecule has 8 rings (SSSR count). The van der Waals surface area contributed by atoms with E-state index in [-0.39, 0.29) is 45.9 Å². The quantitative estimate of drug-likeness (QED) is 0.0333. The molecule has 0 unspecified atom stereocenters. The number of carbonyl (C=O) groups excluding carboxylic acids is 3. The molecule has 1 N–H and O–H groups in total. The summed E-state index contributed by atoms with van der Waals surface area (Å²) < 4.78 is 106. The van der Waals surface area contributed by atoms with E-state index in [9.17, 15) is 40.7 Å². The van der Waals surface area contributed by atoms with Gasteiger partial charge in [0.25, 0.3) is 0 Å². The number of benzene rings is 8. The van der Waals surface area contributed by atoms with E-state index >= 15 is 0 Å². The molecule has 0 radical (unpaired) electrons. The molecule has 0 aliphatic rings. The molecule has 0 aliphatic heterocycles. The van der Waals surface area contributed by atoms with Gasteiger partial charge < -0.3 is 9.47 Å². The molecule has 8 aromatic carbocycles. The van der Waals surface area contributed by atoms with Gasteiger partial charge in [-0.05, 0) is 133 Å². The van der Waals surface area contributed by atoms with Crippen molar-refractivity contribution < 1.29 is 64.8 Å². The molecule has 15 heteroatoms. The molecule has 8 nitrogen and oxygen atoms in total. The van der Waals surface area contributed by atoms with Crippen molar-refractivity contribution in [3.63, 3.8) is 0 Å². The third-order valence-corrected chi connectivity index (χ3v) is 12.2. The summed E-state index contributed by atoms with van der Waals surface area (Å²) >= 11 is 0.733. The first kappa shape index (κ1) is 49.6. The number of halogens is 6. The molecule has 358 valence electrons. The van der Waals surface area contributed by atoms with Crippen molar-refractivity contribution in [1.82, 2.24) is 0 Å². The van der Waals surface area contributed by atoms with Crippen LogP contribution in [0.25, 0.3) is 11.1 Å². The molecule has 0 saturated heterocycles. The fraction of sp³-hybridized carbons (Fsp3) is 0.0893. The Morgan fingerprint density at radius 1 is 0.451 bits per heavy atom. The third-order valence-electron chi connectivity index (χ3n) is 11.7. The van der Waals surface area contributed by atoms with Gasteiger partial charge in [-0.2, -0.15) is 26.3 Å². The van der Waals surface area contributed by atoms with Crippen molar-refractivity contribution >= 4 is 29.4 Å². The van der Waals surface area contributed by atoms with Crippen LogP contribution in [0.15, 0.2) is 193 Å². The van der Waals surface area contributed by atoms with Crippen LogP contribution in [-0.4, -0.2) is 35.0 Å². The minimum atomic E-state index is -5.84. The van der Waals surface area contributed by atoms with Crippen LogP contribution in [0, 0.1) is 13.8 Å². The second kappa shape index (κ2) is 20.6. The predicted octanol–water partition coefficient (Wildman–Crippen LogP) is 15.1. The molecule has 0 spiro atoms. The standard InChI is InChI=1S/C56H38F6O8S/c1-34-6-9-37(10-7-34)51(63)39-16-24-45(25-17-39)67-47-28-20-43(21-29-47)54(55(57,58)59,56(60,61)62)44-22-30-48(31-23-44)68-46-26-18-40(19-27-46)52(64)38-14-12-36(13-15-38)41-11-8-35(2)50(33-41)53(65)42-4-3-5-49(32-42)71-70-69-66/h3-33,66H,1-2H3. The Bertz CT molecular complexity index is 3180. The van der Waals surface area contributed by atoms with Crippen molar-refractivity contribution in [2.75, 3.05) is 0 Å². The minimum absolute atomic E-state index is 0.0367. The summed E-state index contributed by atoms with van der Waals surface area (Å²) in [7, 11) is 0.